The fourth-order valence-electron chi connectivity index (χ4n) is 1.70. The fourth-order valence-corrected chi connectivity index (χ4v) is 1.86. The van der Waals surface area contributed by atoms with Gasteiger partial charge in [-0.15, -0.1) is 0 Å². The zero-order valence-corrected chi connectivity index (χ0v) is 11.8. The predicted molar refractivity (Wildman–Crippen MR) is 74.6 cm³/mol. The number of nitrogens with zero attached hydrogens (tertiary/aromatic N) is 3. The molecule has 102 valence electrons. The molecular weight excluding hydrogens is 264 g/mol. The SMILES string of the molecule is CC(C)CN(CCC#N)C(=O)c1cc(Cl)ncc1N. The molecule has 0 fully saturated rings. The van der Waals surface area contributed by atoms with Crippen LogP contribution in [0.1, 0.15) is 30.6 Å². The summed E-state index contributed by atoms with van der Waals surface area (Å²) in [6, 6.07) is 3.50. The maximum atomic E-state index is 12.4. The molecule has 19 heavy (non-hydrogen) atoms. The van der Waals surface area contributed by atoms with Gasteiger partial charge in [0.1, 0.15) is 5.15 Å². The van der Waals surface area contributed by atoms with Gasteiger partial charge in [-0.3, -0.25) is 4.79 Å². The number of carbonyl (C=O) groups is 1. The highest BCUT2D eigenvalue weighted by atomic mass is 35.5. The second-order valence-electron chi connectivity index (χ2n) is 4.65. The second kappa shape index (κ2) is 6.95. The van der Waals surface area contributed by atoms with E-state index in [2.05, 4.69) is 4.98 Å². The van der Waals surface area contributed by atoms with Crippen LogP contribution >= 0.6 is 11.6 Å². The summed E-state index contributed by atoms with van der Waals surface area (Å²) in [5.74, 6) is 0.0897. The number of rotatable bonds is 5. The number of amides is 1. The first-order chi connectivity index (χ1) is 8.95. The van der Waals surface area contributed by atoms with Crippen molar-refractivity contribution in [2.24, 2.45) is 5.92 Å². The number of nitrogens with two attached hydrogens (primary N) is 1. The molecule has 0 atom stereocenters. The molecule has 0 aliphatic heterocycles. The van der Waals surface area contributed by atoms with Crippen molar-refractivity contribution in [2.45, 2.75) is 20.3 Å². The Morgan fingerprint density at radius 1 is 1.63 bits per heavy atom. The van der Waals surface area contributed by atoms with E-state index < -0.39 is 0 Å². The van der Waals surface area contributed by atoms with E-state index in [1.165, 1.54) is 12.3 Å². The van der Waals surface area contributed by atoms with Crippen molar-refractivity contribution in [3.63, 3.8) is 0 Å². The van der Waals surface area contributed by atoms with Crippen LogP contribution < -0.4 is 5.73 Å². The summed E-state index contributed by atoms with van der Waals surface area (Å²) in [7, 11) is 0. The van der Waals surface area contributed by atoms with Gasteiger partial charge in [0.2, 0.25) is 0 Å². The fraction of sp³-hybridized carbons (Fsp3) is 0.462. The van der Waals surface area contributed by atoms with Gasteiger partial charge in [-0.25, -0.2) is 4.98 Å². The summed E-state index contributed by atoms with van der Waals surface area (Å²) in [6.07, 6.45) is 1.66. The van der Waals surface area contributed by atoms with Crippen molar-refractivity contribution in [3.8, 4) is 6.07 Å². The van der Waals surface area contributed by atoms with Gasteiger partial charge in [-0.05, 0) is 12.0 Å². The van der Waals surface area contributed by atoms with E-state index >= 15 is 0 Å². The normalized spacial score (nSPS) is 10.3. The topological polar surface area (TPSA) is 83.0 Å². The van der Waals surface area contributed by atoms with Crippen LogP contribution in [0, 0.1) is 17.2 Å². The molecule has 0 radical (unpaired) electrons. The minimum Gasteiger partial charge on any atom is -0.397 e. The number of hydrogen-bond donors (Lipinski definition) is 1. The molecule has 1 amide bonds. The van der Waals surface area contributed by atoms with Crippen LogP contribution in [0.4, 0.5) is 5.69 Å². The molecule has 1 aromatic heterocycles. The lowest BCUT2D eigenvalue weighted by atomic mass is 10.1. The molecule has 0 aliphatic carbocycles. The minimum absolute atomic E-state index is 0.217. The average molecular weight is 281 g/mol. The van der Waals surface area contributed by atoms with Crippen molar-refractivity contribution < 1.29 is 4.79 Å². The summed E-state index contributed by atoms with van der Waals surface area (Å²) in [5, 5.41) is 8.88. The maximum Gasteiger partial charge on any atom is 0.256 e. The maximum absolute atomic E-state index is 12.4. The Kier molecular flexibility index (Phi) is 5.58. The third kappa shape index (κ3) is 4.42. The molecule has 1 heterocycles. The van der Waals surface area contributed by atoms with Crippen LogP contribution in [0.15, 0.2) is 12.3 Å². The Morgan fingerprint density at radius 3 is 2.89 bits per heavy atom. The summed E-state index contributed by atoms with van der Waals surface area (Å²) in [6.45, 7) is 4.97. The quantitative estimate of drug-likeness (QED) is 0.839. The molecule has 5 nitrogen and oxygen atoms in total. The molecular formula is C13H17ClN4O. The number of carbonyl (C=O) groups excluding carboxylic acids is 1. The van der Waals surface area contributed by atoms with Crippen LogP contribution in [0.3, 0.4) is 0 Å². The zero-order valence-electron chi connectivity index (χ0n) is 11.1. The van der Waals surface area contributed by atoms with Gasteiger partial charge in [0.25, 0.3) is 5.91 Å². The molecule has 0 spiro atoms. The van der Waals surface area contributed by atoms with Crippen molar-refractivity contribution in [1.82, 2.24) is 9.88 Å². The Labute approximate surface area is 118 Å². The highest BCUT2D eigenvalue weighted by molar-refractivity contribution is 6.29. The van der Waals surface area contributed by atoms with Crippen molar-refractivity contribution in [3.05, 3.63) is 23.0 Å². The summed E-state index contributed by atoms with van der Waals surface area (Å²) in [4.78, 5) is 17.9. The summed E-state index contributed by atoms with van der Waals surface area (Å²) in [5.41, 5.74) is 6.38. The highest BCUT2D eigenvalue weighted by Gasteiger charge is 2.19. The number of hydrogen-bond acceptors (Lipinski definition) is 4. The number of halogens is 1. The number of pyridine rings is 1. The van der Waals surface area contributed by atoms with Gasteiger partial charge >= 0.3 is 0 Å². The molecule has 1 aromatic rings. The minimum atomic E-state index is -0.217. The molecule has 0 aliphatic rings. The Morgan fingerprint density at radius 2 is 2.32 bits per heavy atom. The Bertz CT molecular complexity index is 496. The lowest BCUT2D eigenvalue weighted by Crippen LogP contribution is -2.35. The molecule has 1 rings (SSSR count). The Hall–Kier alpha value is -1.80. The number of aromatic nitrogens is 1. The first kappa shape index (κ1) is 15.3. The third-order valence-electron chi connectivity index (χ3n) is 2.50. The lowest BCUT2D eigenvalue weighted by Gasteiger charge is -2.24. The molecule has 0 saturated heterocycles. The van der Waals surface area contributed by atoms with E-state index in [4.69, 9.17) is 22.6 Å². The van der Waals surface area contributed by atoms with Gasteiger partial charge in [0, 0.05) is 13.1 Å². The van der Waals surface area contributed by atoms with Crippen LogP contribution in [0.2, 0.25) is 5.15 Å². The first-order valence-corrected chi connectivity index (χ1v) is 6.40. The molecule has 2 N–H and O–H groups in total. The predicted octanol–water partition coefficient (Wildman–Crippen LogP) is 2.33. The van der Waals surface area contributed by atoms with Gasteiger partial charge < -0.3 is 10.6 Å². The molecule has 6 heteroatoms. The number of anilines is 1. The molecule has 0 bridgehead atoms. The van der Waals surface area contributed by atoms with Crippen molar-refractivity contribution >= 4 is 23.2 Å². The van der Waals surface area contributed by atoms with Crippen LogP contribution in [0.25, 0.3) is 0 Å². The molecule has 0 unspecified atom stereocenters. The zero-order chi connectivity index (χ0) is 14.4. The van der Waals surface area contributed by atoms with Crippen LogP contribution in [-0.2, 0) is 0 Å². The number of nitrogen functional groups attached to an aromatic ring is 1. The molecule has 0 saturated carbocycles. The van der Waals surface area contributed by atoms with Gasteiger partial charge in [-0.2, -0.15) is 5.26 Å². The number of nitriles is 1. The van der Waals surface area contributed by atoms with Crippen LogP contribution in [0.5, 0.6) is 0 Å². The monoisotopic (exact) mass is 280 g/mol. The van der Waals surface area contributed by atoms with Crippen molar-refractivity contribution in [2.75, 3.05) is 18.8 Å². The third-order valence-corrected chi connectivity index (χ3v) is 2.70. The highest BCUT2D eigenvalue weighted by Crippen LogP contribution is 2.18. The van der Waals surface area contributed by atoms with Crippen LogP contribution in [-0.4, -0.2) is 28.9 Å². The Balaban J connectivity index is 2.97. The average Bonchev–Trinajstić information content (AvgIpc) is 2.36. The standard InChI is InChI=1S/C13H17ClN4O/c1-9(2)8-18(5-3-4-15)13(19)10-6-12(14)17-7-11(10)16/h6-7,9H,3,5,8,16H2,1-2H3. The van der Waals surface area contributed by atoms with E-state index in [-0.39, 0.29) is 17.5 Å². The summed E-state index contributed by atoms with van der Waals surface area (Å²) >= 11 is 5.79. The largest absolute Gasteiger partial charge is 0.397 e. The van der Waals surface area contributed by atoms with E-state index in [1.54, 1.807) is 4.90 Å². The van der Waals surface area contributed by atoms with Gasteiger partial charge in [-0.1, -0.05) is 25.4 Å². The van der Waals surface area contributed by atoms with Crippen molar-refractivity contribution in [1.29, 1.82) is 5.26 Å². The first-order valence-electron chi connectivity index (χ1n) is 6.03. The smallest absolute Gasteiger partial charge is 0.256 e. The van der Waals surface area contributed by atoms with E-state index in [1.807, 2.05) is 19.9 Å². The molecule has 0 aromatic carbocycles. The lowest BCUT2D eigenvalue weighted by molar-refractivity contribution is 0.0741. The van der Waals surface area contributed by atoms with Gasteiger partial charge in [0.05, 0.1) is 29.9 Å². The van der Waals surface area contributed by atoms with Gasteiger partial charge in [0.15, 0.2) is 0 Å². The second-order valence-corrected chi connectivity index (χ2v) is 5.03. The van der Waals surface area contributed by atoms with E-state index in [0.29, 0.717) is 30.3 Å². The summed E-state index contributed by atoms with van der Waals surface area (Å²) < 4.78 is 0. The van der Waals surface area contributed by atoms with E-state index in [9.17, 15) is 4.79 Å². The van der Waals surface area contributed by atoms with E-state index in [0.717, 1.165) is 0 Å².